The summed E-state index contributed by atoms with van der Waals surface area (Å²) >= 11 is 6.49. The Morgan fingerprint density at radius 3 is 3.00 bits per heavy atom. The molecule has 0 amide bonds. The lowest BCUT2D eigenvalue weighted by Crippen LogP contribution is -2.12. The number of nitrogens with zero attached hydrogens (tertiary/aromatic N) is 6. The summed E-state index contributed by atoms with van der Waals surface area (Å²) in [5, 5.41) is 17.8. The van der Waals surface area contributed by atoms with Gasteiger partial charge >= 0.3 is 0 Å². The SMILES string of the molecule is CSc1cccc(/C(=N/OCc2csc(Br)n2)c2nnnn2C)c1. The molecular weight excluding hydrogens is 412 g/mol. The second-order valence-corrected chi connectivity index (χ2v) is 7.68. The number of rotatable bonds is 6. The Hall–Kier alpha value is -1.78. The minimum Gasteiger partial charge on any atom is -0.389 e. The molecule has 3 rings (SSSR count). The zero-order valence-corrected chi connectivity index (χ0v) is 16.1. The van der Waals surface area contributed by atoms with Gasteiger partial charge in [0.15, 0.2) is 16.2 Å². The summed E-state index contributed by atoms with van der Waals surface area (Å²) in [6.07, 6.45) is 2.02. The Kier molecular flexibility index (Phi) is 5.59. The van der Waals surface area contributed by atoms with Gasteiger partial charge in [0.2, 0.25) is 5.82 Å². The van der Waals surface area contributed by atoms with Gasteiger partial charge in [0.25, 0.3) is 0 Å². The Morgan fingerprint density at radius 1 is 1.46 bits per heavy atom. The summed E-state index contributed by atoms with van der Waals surface area (Å²) in [4.78, 5) is 10.9. The highest BCUT2D eigenvalue weighted by atomic mass is 79.9. The zero-order chi connectivity index (χ0) is 16.9. The van der Waals surface area contributed by atoms with Crippen LogP contribution in [0, 0.1) is 0 Å². The molecule has 0 aliphatic heterocycles. The lowest BCUT2D eigenvalue weighted by atomic mass is 10.1. The van der Waals surface area contributed by atoms with Crippen molar-refractivity contribution in [1.82, 2.24) is 25.2 Å². The van der Waals surface area contributed by atoms with E-state index in [-0.39, 0.29) is 6.61 Å². The fraction of sp³-hybridized carbons (Fsp3) is 0.214. The average molecular weight is 425 g/mol. The van der Waals surface area contributed by atoms with Crippen LogP contribution < -0.4 is 0 Å². The van der Waals surface area contributed by atoms with Crippen molar-refractivity contribution in [2.75, 3.05) is 6.26 Å². The van der Waals surface area contributed by atoms with Crippen molar-refractivity contribution in [3.8, 4) is 0 Å². The minimum atomic E-state index is 0.277. The molecule has 7 nitrogen and oxygen atoms in total. The van der Waals surface area contributed by atoms with E-state index in [0.29, 0.717) is 11.5 Å². The molecule has 0 atom stereocenters. The molecule has 2 aromatic heterocycles. The summed E-state index contributed by atoms with van der Waals surface area (Å²) in [7, 11) is 1.76. The smallest absolute Gasteiger partial charge is 0.204 e. The summed E-state index contributed by atoms with van der Waals surface area (Å²) < 4.78 is 2.38. The van der Waals surface area contributed by atoms with Crippen LogP contribution in [0.5, 0.6) is 0 Å². The number of aryl methyl sites for hydroxylation is 1. The molecule has 10 heteroatoms. The van der Waals surface area contributed by atoms with Gasteiger partial charge in [-0.3, -0.25) is 0 Å². The van der Waals surface area contributed by atoms with Gasteiger partial charge in [-0.1, -0.05) is 17.3 Å². The number of hydrogen-bond donors (Lipinski definition) is 0. The van der Waals surface area contributed by atoms with E-state index in [9.17, 15) is 0 Å². The topological polar surface area (TPSA) is 78.1 Å². The lowest BCUT2D eigenvalue weighted by Gasteiger charge is -2.06. The Morgan fingerprint density at radius 2 is 2.33 bits per heavy atom. The fourth-order valence-corrected chi connectivity index (χ4v) is 3.43. The first kappa shape index (κ1) is 17.1. The average Bonchev–Trinajstić information content (AvgIpc) is 3.20. The van der Waals surface area contributed by atoms with Gasteiger partial charge < -0.3 is 4.84 Å². The van der Waals surface area contributed by atoms with Crippen LogP contribution in [0.2, 0.25) is 0 Å². The van der Waals surface area contributed by atoms with Gasteiger partial charge in [-0.15, -0.1) is 28.2 Å². The van der Waals surface area contributed by atoms with Crippen LogP contribution >= 0.6 is 39.0 Å². The highest BCUT2D eigenvalue weighted by molar-refractivity contribution is 9.11. The zero-order valence-electron chi connectivity index (χ0n) is 12.9. The molecule has 2 heterocycles. The highest BCUT2D eigenvalue weighted by Crippen LogP contribution is 2.19. The molecule has 0 aliphatic carbocycles. The predicted octanol–water partition coefficient (Wildman–Crippen LogP) is 3.12. The summed E-state index contributed by atoms with van der Waals surface area (Å²) in [6, 6.07) is 7.99. The molecule has 0 N–H and O–H groups in total. The molecule has 124 valence electrons. The van der Waals surface area contributed by atoms with Crippen LogP contribution in [0.3, 0.4) is 0 Å². The molecule has 0 saturated carbocycles. The van der Waals surface area contributed by atoms with Crippen molar-refractivity contribution in [3.05, 3.63) is 50.6 Å². The van der Waals surface area contributed by atoms with E-state index in [1.807, 2.05) is 35.9 Å². The first-order valence-electron chi connectivity index (χ1n) is 6.84. The third-order valence-corrected chi connectivity index (χ3v) is 5.21. The van der Waals surface area contributed by atoms with Crippen molar-refractivity contribution in [2.45, 2.75) is 11.5 Å². The van der Waals surface area contributed by atoms with Crippen LogP contribution in [0.15, 0.2) is 43.6 Å². The van der Waals surface area contributed by atoms with E-state index >= 15 is 0 Å². The summed E-state index contributed by atoms with van der Waals surface area (Å²) in [5.41, 5.74) is 2.27. The number of halogens is 1. The molecule has 1 aromatic carbocycles. The second-order valence-electron chi connectivity index (χ2n) is 4.66. The van der Waals surface area contributed by atoms with Crippen LogP contribution in [0.1, 0.15) is 17.1 Å². The Bertz CT molecular complexity index is 862. The van der Waals surface area contributed by atoms with Crippen molar-refractivity contribution >= 4 is 44.7 Å². The summed E-state index contributed by atoms with van der Waals surface area (Å²) in [5.74, 6) is 0.535. The van der Waals surface area contributed by atoms with E-state index in [1.165, 1.54) is 11.3 Å². The monoisotopic (exact) mass is 424 g/mol. The van der Waals surface area contributed by atoms with Crippen LogP contribution in [0.25, 0.3) is 0 Å². The molecule has 24 heavy (non-hydrogen) atoms. The number of benzene rings is 1. The van der Waals surface area contributed by atoms with E-state index in [0.717, 1.165) is 20.1 Å². The van der Waals surface area contributed by atoms with E-state index in [2.05, 4.69) is 41.6 Å². The molecule has 0 bridgehead atoms. The molecule has 0 saturated heterocycles. The molecule has 0 aliphatic rings. The predicted molar refractivity (Wildman–Crippen MR) is 97.3 cm³/mol. The molecule has 0 spiro atoms. The Balaban J connectivity index is 1.89. The van der Waals surface area contributed by atoms with Gasteiger partial charge in [0, 0.05) is 22.9 Å². The van der Waals surface area contributed by atoms with Gasteiger partial charge in [-0.05, 0) is 44.7 Å². The van der Waals surface area contributed by atoms with E-state index in [4.69, 9.17) is 4.84 Å². The normalized spacial score (nSPS) is 11.7. The van der Waals surface area contributed by atoms with E-state index < -0.39 is 0 Å². The number of oxime groups is 1. The lowest BCUT2D eigenvalue weighted by molar-refractivity contribution is 0.128. The number of tetrazole rings is 1. The molecule has 0 radical (unpaired) electrons. The molecule has 0 unspecified atom stereocenters. The van der Waals surface area contributed by atoms with Crippen molar-refractivity contribution in [1.29, 1.82) is 0 Å². The maximum atomic E-state index is 5.50. The van der Waals surface area contributed by atoms with E-state index in [1.54, 1.807) is 23.5 Å². The number of thiazole rings is 1. The Labute approximate surface area is 155 Å². The number of thioether (sulfide) groups is 1. The van der Waals surface area contributed by atoms with Gasteiger partial charge in [-0.25, -0.2) is 9.67 Å². The molecule has 3 aromatic rings. The number of hydrogen-bond acceptors (Lipinski definition) is 8. The van der Waals surface area contributed by atoms with Gasteiger partial charge in [-0.2, -0.15) is 0 Å². The van der Waals surface area contributed by atoms with Crippen molar-refractivity contribution in [3.63, 3.8) is 0 Å². The maximum Gasteiger partial charge on any atom is 0.204 e. The van der Waals surface area contributed by atoms with Gasteiger partial charge in [0.1, 0.15) is 0 Å². The van der Waals surface area contributed by atoms with Crippen molar-refractivity contribution < 1.29 is 4.84 Å². The second kappa shape index (κ2) is 7.86. The third kappa shape index (κ3) is 4.00. The van der Waals surface area contributed by atoms with Crippen LogP contribution in [0.4, 0.5) is 0 Å². The molecule has 0 fully saturated rings. The van der Waals surface area contributed by atoms with Crippen LogP contribution in [-0.4, -0.2) is 37.2 Å². The third-order valence-electron chi connectivity index (χ3n) is 3.07. The first-order chi connectivity index (χ1) is 11.7. The highest BCUT2D eigenvalue weighted by Gasteiger charge is 2.15. The molecular formula is C14H13BrN6OS2. The van der Waals surface area contributed by atoms with Crippen LogP contribution in [-0.2, 0) is 18.5 Å². The largest absolute Gasteiger partial charge is 0.389 e. The first-order valence-corrected chi connectivity index (χ1v) is 9.74. The minimum absolute atomic E-state index is 0.277. The fourth-order valence-electron chi connectivity index (χ4n) is 1.93. The van der Waals surface area contributed by atoms with Gasteiger partial charge in [0.05, 0.1) is 5.69 Å². The maximum absolute atomic E-state index is 5.50. The summed E-state index contributed by atoms with van der Waals surface area (Å²) in [6.45, 7) is 0.277. The quantitative estimate of drug-likeness (QED) is 0.343. The standard InChI is InChI=1S/C14H13BrN6OS2/c1-21-13(17-19-20-21)12(9-4-3-5-11(6-9)23-2)18-22-7-10-8-24-14(15)16-10/h3-6,8H,7H2,1-2H3/b18-12-. The van der Waals surface area contributed by atoms with Crippen molar-refractivity contribution in [2.24, 2.45) is 12.2 Å². The number of aromatic nitrogens is 5.